The standard InChI is InChI=1S/C15H24N4O/c1-5-14(20)19-8-6-18(7-9-19)13-10-12(4)16-15(17-13)11(2)3/h10-11H,5-9H2,1-4H3. The van der Waals surface area contributed by atoms with E-state index in [0.717, 1.165) is 43.5 Å². The number of piperazine rings is 1. The van der Waals surface area contributed by atoms with Crippen LogP contribution in [0.2, 0.25) is 0 Å². The first-order valence-electron chi connectivity index (χ1n) is 7.39. The van der Waals surface area contributed by atoms with Crippen LogP contribution in [0.5, 0.6) is 0 Å². The van der Waals surface area contributed by atoms with Crippen LogP contribution in [0.15, 0.2) is 6.07 Å². The lowest BCUT2D eigenvalue weighted by Crippen LogP contribution is -2.49. The lowest BCUT2D eigenvalue weighted by Gasteiger charge is -2.35. The largest absolute Gasteiger partial charge is 0.353 e. The summed E-state index contributed by atoms with van der Waals surface area (Å²) >= 11 is 0. The topological polar surface area (TPSA) is 49.3 Å². The van der Waals surface area contributed by atoms with Gasteiger partial charge in [-0.15, -0.1) is 0 Å². The van der Waals surface area contributed by atoms with Gasteiger partial charge in [0.2, 0.25) is 5.91 Å². The highest BCUT2D eigenvalue weighted by Crippen LogP contribution is 2.18. The summed E-state index contributed by atoms with van der Waals surface area (Å²) in [6.07, 6.45) is 0.587. The van der Waals surface area contributed by atoms with Crippen LogP contribution in [-0.4, -0.2) is 47.0 Å². The molecule has 5 heteroatoms. The molecule has 0 radical (unpaired) electrons. The van der Waals surface area contributed by atoms with Gasteiger partial charge < -0.3 is 9.80 Å². The molecule has 1 fully saturated rings. The van der Waals surface area contributed by atoms with Gasteiger partial charge in [0.05, 0.1) is 0 Å². The number of carbonyl (C=O) groups excluding carboxylic acids is 1. The minimum atomic E-state index is 0.242. The third-order valence-electron chi connectivity index (χ3n) is 3.63. The molecule has 0 N–H and O–H groups in total. The van der Waals surface area contributed by atoms with Crippen LogP contribution in [0.4, 0.5) is 5.82 Å². The van der Waals surface area contributed by atoms with Crippen LogP contribution in [0.3, 0.4) is 0 Å². The SMILES string of the molecule is CCC(=O)N1CCN(c2cc(C)nc(C(C)C)n2)CC1. The van der Waals surface area contributed by atoms with Gasteiger partial charge in [-0.1, -0.05) is 20.8 Å². The Bertz CT molecular complexity index is 479. The smallest absolute Gasteiger partial charge is 0.222 e. The van der Waals surface area contributed by atoms with Gasteiger partial charge in [-0.2, -0.15) is 0 Å². The zero-order chi connectivity index (χ0) is 14.7. The molecule has 1 aliphatic heterocycles. The highest BCUT2D eigenvalue weighted by atomic mass is 16.2. The molecule has 0 bridgehead atoms. The maximum Gasteiger partial charge on any atom is 0.222 e. The first-order chi connectivity index (χ1) is 9.51. The zero-order valence-electron chi connectivity index (χ0n) is 12.9. The summed E-state index contributed by atoms with van der Waals surface area (Å²) in [6.45, 7) is 11.4. The van der Waals surface area contributed by atoms with Crippen molar-refractivity contribution in [2.75, 3.05) is 31.1 Å². The Kier molecular flexibility index (Phi) is 4.57. The van der Waals surface area contributed by atoms with E-state index in [1.54, 1.807) is 0 Å². The number of aromatic nitrogens is 2. The van der Waals surface area contributed by atoms with Gasteiger partial charge in [0.1, 0.15) is 11.6 Å². The van der Waals surface area contributed by atoms with Crippen LogP contribution in [0, 0.1) is 6.92 Å². The van der Waals surface area contributed by atoms with Crippen LogP contribution < -0.4 is 4.90 Å². The third-order valence-corrected chi connectivity index (χ3v) is 3.63. The van der Waals surface area contributed by atoms with Crippen molar-refractivity contribution in [3.8, 4) is 0 Å². The first kappa shape index (κ1) is 14.8. The van der Waals surface area contributed by atoms with E-state index in [9.17, 15) is 4.79 Å². The van der Waals surface area contributed by atoms with Gasteiger partial charge >= 0.3 is 0 Å². The number of hydrogen-bond donors (Lipinski definition) is 0. The molecule has 0 aliphatic carbocycles. The summed E-state index contributed by atoms with van der Waals surface area (Å²) < 4.78 is 0. The number of hydrogen-bond acceptors (Lipinski definition) is 4. The van der Waals surface area contributed by atoms with Crippen LogP contribution in [0.25, 0.3) is 0 Å². The average Bonchev–Trinajstić information content (AvgIpc) is 2.46. The van der Waals surface area contributed by atoms with Crippen molar-refractivity contribution in [2.45, 2.75) is 40.0 Å². The molecule has 1 aromatic rings. The summed E-state index contributed by atoms with van der Waals surface area (Å²) in [5, 5.41) is 0. The lowest BCUT2D eigenvalue weighted by atomic mass is 10.2. The molecule has 110 valence electrons. The number of carbonyl (C=O) groups is 1. The minimum absolute atomic E-state index is 0.242. The van der Waals surface area contributed by atoms with Crippen LogP contribution >= 0.6 is 0 Å². The molecule has 2 rings (SSSR count). The van der Waals surface area contributed by atoms with E-state index in [-0.39, 0.29) is 5.91 Å². The molecule has 1 aliphatic rings. The van der Waals surface area contributed by atoms with Crippen LogP contribution in [0.1, 0.15) is 44.6 Å². The van der Waals surface area contributed by atoms with Crippen molar-refractivity contribution < 1.29 is 4.79 Å². The van der Waals surface area contributed by atoms with Gasteiger partial charge in [-0.3, -0.25) is 4.79 Å². The van der Waals surface area contributed by atoms with E-state index in [0.29, 0.717) is 12.3 Å². The normalized spacial score (nSPS) is 15.8. The number of amides is 1. The second-order valence-electron chi connectivity index (χ2n) is 5.60. The van der Waals surface area contributed by atoms with Crippen molar-refractivity contribution in [3.05, 3.63) is 17.6 Å². The van der Waals surface area contributed by atoms with E-state index in [1.165, 1.54) is 0 Å². The Hall–Kier alpha value is -1.65. The fourth-order valence-electron chi connectivity index (χ4n) is 2.40. The Labute approximate surface area is 121 Å². The molecular formula is C15H24N4O. The summed E-state index contributed by atoms with van der Waals surface area (Å²) in [7, 11) is 0. The number of aryl methyl sites for hydroxylation is 1. The van der Waals surface area contributed by atoms with E-state index < -0.39 is 0 Å². The molecule has 5 nitrogen and oxygen atoms in total. The number of rotatable bonds is 3. The van der Waals surface area contributed by atoms with Gasteiger partial charge in [-0.05, 0) is 6.92 Å². The molecule has 1 saturated heterocycles. The second kappa shape index (κ2) is 6.20. The third kappa shape index (κ3) is 3.26. The zero-order valence-corrected chi connectivity index (χ0v) is 12.9. The minimum Gasteiger partial charge on any atom is -0.353 e. The van der Waals surface area contributed by atoms with Crippen molar-refractivity contribution in [3.63, 3.8) is 0 Å². The molecule has 0 unspecified atom stereocenters. The molecule has 20 heavy (non-hydrogen) atoms. The van der Waals surface area contributed by atoms with Gasteiger partial charge in [0.15, 0.2) is 0 Å². The molecule has 0 aromatic carbocycles. The first-order valence-corrected chi connectivity index (χ1v) is 7.39. The van der Waals surface area contributed by atoms with Crippen molar-refractivity contribution >= 4 is 11.7 Å². The monoisotopic (exact) mass is 276 g/mol. The molecule has 0 spiro atoms. The van der Waals surface area contributed by atoms with E-state index in [1.807, 2.05) is 24.8 Å². The van der Waals surface area contributed by atoms with Gasteiger partial charge in [0, 0.05) is 50.3 Å². The molecule has 2 heterocycles. The summed E-state index contributed by atoms with van der Waals surface area (Å²) in [5.74, 6) is 2.46. The Morgan fingerprint density at radius 2 is 1.90 bits per heavy atom. The van der Waals surface area contributed by atoms with Crippen molar-refractivity contribution in [2.24, 2.45) is 0 Å². The Morgan fingerprint density at radius 3 is 2.45 bits per heavy atom. The van der Waals surface area contributed by atoms with Crippen molar-refractivity contribution in [1.82, 2.24) is 14.9 Å². The van der Waals surface area contributed by atoms with E-state index >= 15 is 0 Å². The maximum atomic E-state index is 11.7. The van der Waals surface area contributed by atoms with E-state index in [4.69, 9.17) is 0 Å². The predicted molar refractivity (Wildman–Crippen MR) is 79.9 cm³/mol. The molecule has 0 saturated carbocycles. The highest BCUT2D eigenvalue weighted by molar-refractivity contribution is 5.76. The predicted octanol–water partition coefficient (Wildman–Crippen LogP) is 1.97. The van der Waals surface area contributed by atoms with Gasteiger partial charge in [-0.25, -0.2) is 9.97 Å². The quantitative estimate of drug-likeness (QED) is 0.847. The molecule has 0 atom stereocenters. The maximum absolute atomic E-state index is 11.7. The highest BCUT2D eigenvalue weighted by Gasteiger charge is 2.21. The fraction of sp³-hybridized carbons (Fsp3) is 0.667. The lowest BCUT2D eigenvalue weighted by molar-refractivity contribution is -0.131. The molecular weight excluding hydrogens is 252 g/mol. The second-order valence-corrected chi connectivity index (χ2v) is 5.60. The number of nitrogens with zero attached hydrogens (tertiary/aromatic N) is 4. The van der Waals surface area contributed by atoms with E-state index in [2.05, 4.69) is 28.7 Å². The average molecular weight is 276 g/mol. The summed E-state index contributed by atoms with van der Waals surface area (Å²) in [4.78, 5) is 25.0. The van der Waals surface area contributed by atoms with Gasteiger partial charge in [0.25, 0.3) is 0 Å². The summed E-state index contributed by atoms with van der Waals surface area (Å²) in [5.41, 5.74) is 1.01. The Morgan fingerprint density at radius 1 is 1.25 bits per heavy atom. The fourth-order valence-corrected chi connectivity index (χ4v) is 2.40. The molecule has 1 aromatic heterocycles. The summed E-state index contributed by atoms with van der Waals surface area (Å²) in [6, 6.07) is 2.03. The Balaban J connectivity index is 2.09. The van der Waals surface area contributed by atoms with Crippen LogP contribution in [-0.2, 0) is 4.79 Å². The number of anilines is 1. The van der Waals surface area contributed by atoms with Crippen molar-refractivity contribution in [1.29, 1.82) is 0 Å². The molecule has 1 amide bonds.